The quantitative estimate of drug-likeness (QED) is 0.838. The number of hydrogen-bond donors (Lipinski definition) is 1. The molecule has 0 bridgehead atoms. The van der Waals surface area contributed by atoms with Crippen molar-refractivity contribution in [1.29, 1.82) is 0 Å². The molecule has 1 N–H and O–H groups in total. The maximum atomic E-state index is 4.05. The Balaban J connectivity index is 1.86. The van der Waals surface area contributed by atoms with Gasteiger partial charge >= 0.3 is 0 Å². The molecule has 0 unspecified atom stereocenters. The lowest BCUT2D eigenvalue weighted by atomic mass is 10.1. The van der Waals surface area contributed by atoms with Crippen molar-refractivity contribution in [3.05, 3.63) is 65.5 Å². The first-order valence-electron chi connectivity index (χ1n) is 7.14. The van der Waals surface area contributed by atoms with Crippen LogP contribution in [0.5, 0.6) is 0 Å². The molecule has 0 aliphatic heterocycles. The van der Waals surface area contributed by atoms with E-state index in [9.17, 15) is 0 Å². The summed E-state index contributed by atoms with van der Waals surface area (Å²) in [5, 5.41) is 3.34. The number of aromatic nitrogens is 1. The molecule has 0 saturated carbocycles. The van der Waals surface area contributed by atoms with Crippen molar-refractivity contribution in [2.45, 2.75) is 26.6 Å². The van der Waals surface area contributed by atoms with Crippen molar-refractivity contribution >= 4 is 0 Å². The lowest BCUT2D eigenvalue weighted by Gasteiger charge is -2.17. The van der Waals surface area contributed by atoms with Gasteiger partial charge in [-0.1, -0.05) is 31.2 Å². The van der Waals surface area contributed by atoms with Gasteiger partial charge in [-0.25, -0.2) is 0 Å². The van der Waals surface area contributed by atoms with Crippen LogP contribution in [0.3, 0.4) is 0 Å². The number of nitrogens with zero attached hydrogens (tertiary/aromatic N) is 2. The van der Waals surface area contributed by atoms with Crippen molar-refractivity contribution < 1.29 is 0 Å². The van der Waals surface area contributed by atoms with Crippen LogP contribution in [0.2, 0.25) is 0 Å². The first-order valence-corrected chi connectivity index (χ1v) is 7.14. The first-order chi connectivity index (χ1) is 9.78. The highest BCUT2D eigenvalue weighted by Gasteiger charge is 2.02. The number of nitrogens with one attached hydrogen (secondary N) is 1. The van der Waals surface area contributed by atoms with Gasteiger partial charge in [-0.2, -0.15) is 0 Å². The summed E-state index contributed by atoms with van der Waals surface area (Å²) in [6.45, 7) is 5.99. The zero-order chi connectivity index (χ0) is 14.2. The van der Waals surface area contributed by atoms with Crippen molar-refractivity contribution in [2.24, 2.45) is 0 Å². The minimum absolute atomic E-state index is 0.946. The van der Waals surface area contributed by atoms with Gasteiger partial charge < -0.3 is 5.32 Å². The van der Waals surface area contributed by atoms with E-state index in [1.54, 1.807) is 0 Å². The van der Waals surface area contributed by atoms with Gasteiger partial charge in [0, 0.05) is 32.0 Å². The van der Waals surface area contributed by atoms with Gasteiger partial charge in [0.05, 0.1) is 0 Å². The normalized spacial score (nSPS) is 10.9. The molecule has 0 aliphatic carbocycles. The van der Waals surface area contributed by atoms with Gasteiger partial charge in [-0.05, 0) is 42.4 Å². The molecule has 0 amide bonds. The second-order valence-corrected chi connectivity index (χ2v) is 5.12. The van der Waals surface area contributed by atoms with Gasteiger partial charge in [0.15, 0.2) is 0 Å². The van der Waals surface area contributed by atoms with Crippen LogP contribution in [0.1, 0.15) is 23.6 Å². The second kappa shape index (κ2) is 7.78. The number of pyridine rings is 1. The van der Waals surface area contributed by atoms with Gasteiger partial charge in [-0.15, -0.1) is 0 Å². The summed E-state index contributed by atoms with van der Waals surface area (Å²) >= 11 is 0. The van der Waals surface area contributed by atoms with Gasteiger partial charge in [0.1, 0.15) is 0 Å². The van der Waals surface area contributed by atoms with Gasteiger partial charge in [-0.3, -0.25) is 9.88 Å². The topological polar surface area (TPSA) is 28.2 Å². The van der Waals surface area contributed by atoms with E-state index in [1.165, 1.54) is 16.7 Å². The van der Waals surface area contributed by atoms with Crippen molar-refractivity contribution in [3.63, 3.8) is 0 Å². The minimum atomic E-state index is 0.946. The fraction of sp³-hybridized carbons (Fsp3) is 0.353. The van der Waals surface area contributed by atoms with Gasteiger partial charge in [0.2, 0.25) is 0 Å². The molecule has 0 radical (unpaired) electrons. The van der Waals surface area contributed by atoms with Crippen LogP contribution in [0, 0.1) is 0 Å². The van der Waals surface area contributed by atoms with E-state index in [2.05, 4.69) is 65.6 Å². The van der Waals surface area contributed by atoms with E-state index in [-0.39, 0.29) is 0 Å². The molecule has 0 saturated heterocycles. The van der Waals surface area contributed by atoms with Crippen LogP contribution in [0.15, 0.2) is 48.8 Å². The largest absolute Gasteiger partial charge is 0.313 e. The molecule has 3 heteroatoms. The number of benzene rings is 1. The molecule has 0 fully saturated rings. The zero-order valence-corrected chi connectivity index (χ0v) is 12.3. The Hall–Kier alpha value is -1.71. The van der Waals surface area contributed by atoms with Crippen LogP contribution in [-0.4, -0.2) is 23.5 Å². The highest BCUT2D eigenvalue weighted by molar-refractivity contribution is 5.22. The van der Waals surface area contributed by atoms with E-state index >= 15 is 0 Å². The third-order valence-electron chi connectivity index (χ3n) is 3.26. The Morgan fingerprint density at radius 3 is 2.05 bits per heavy atom. The second-order valence-electron chi connectivity index (χ2n) is 5.12. The van der Waals surface area contributed by atoms with Gasteiger partial charge in [0.25, 0.3) is 0 Å². The third kappa shape index (κ3) is 4.76. The molecule has 3 nitrogen and oxygen atoms in total. The Bertz CT molecular complexity index is 493. The first kappa shape index (κ1) is 14.7. The molecule has 106 valence electrons. The fourth-order valence-electron chi connectivity index (χ4n) is 2.20. The van der Waals surface area contributed by atoms with Crippen molar-refractivity contribution in [1.82, 2.24) is 15.2 Å². The third-order valence-corrected chi connectivity index (χ3v) is 3.26. The van der Waals surface area contributed by atoms with E-state index in [4.69, 9.17) is 0 Å². The van der Waals surface area contributed by atoms with E-state index in [0.29, 0.717) is 0 Å². The molecule has 0 spiro atoms. The summed E-state index contributed by atoms with van der Waals surface area (Å²) in [6.07, 6.45) is 3.69. The van der Waals surface area contributed by atoms with E-state index in [0.717, 1.165) is 26.2 Å². The summed E-state index contributed by atoms with van der Waals surface area (Å²) in [5.74, 6) is 0. The average molecular weight is 269 g/mol. The van der Waals surface area contributed by atoms with Crippen molar-refractivity contribution in [2.75, 3.05) is 13.6 Å². The van der Waals surface area contributed by atoms with E-state index in [1.807, 2.05) is 12.4 Å². The summed E-state index contributed by atoms with van der Waals surface area (Å²) in [4.78, 5) is 6.36. The van der Waals surface area contributed by atoms with Crippen LogP contribution in [0.25, 0.3) is 0 Å². The molecule has 2 rings (SSSR count). The molecule has 0 atom stereocenters. The average Bonchev–Trinajstić information content (AvgIpc) is 2.47. The van der Waals surface area contributed by atoms with E-state index < -0.39 is 0 Å². The summed E-state index contributed by atoms with van der Waals surface area (Å²) < 4.78 is 0. The Labute approximate surface area is 121 Å². The smallest absolute Gasteiger partial charge is 0.0271 e. The Morgan fingerprint density at radius 2 is 1.45 bits per heavy atom. The lowest BCUT2D eigenvalue weighted by molar-refractivity contribution is 0.319. The highest BCUT2D eigenvalue weighted by Crippen LogP contribution is 2.09. The number of hydrogen-bond acceptors (Lipinski definition) is 3. The summed E-state index contributed by atoms with van der Waals surface area (Å²) in [6, 6.07) is 13.0. The predicted octanol–water partition coefficient (Wildman–Crippen LogP) is 2.82. The monoisotopic (exact) mass is 269 g/mol. The summed E-state index contributed by atoms with van der Waals surface area (Å²) in [7, 11) is 2.15. The molecular weight excluding hydrogens is 246 g/mol. The predicted molar refractivity (Wildman–Crippen MR) is 83.2 cm³/mol. The van der Waals surface area contributed by atoms with Crippen molar-refractivity contribution in [3.8, 4) is 0 Å². The van der Waals surface area contributed by atoms with Crippen LogP contribution in [-0.2, 0) is 19.6 Å². The van der Waals surface area contributed by atoms with Crippen LogP contribution >= 0.6 is 0 Å². The number of rotatable bonds is 7. The minimum Gasteiger partial charge on any atom is -0.313 e. The highest BCUT2D eigenvalue weighted by atomic mass is 15.1. The maximum Gasteiger partial charge on any atom is 0.0271 e. The fourth-order valence-corrected chi connectivity index (χ4v) is 2.20. The molecule has 1 aromatic heterocycles. The lowest BCUT2D eigenvalue weighted by Crippen LogP contribution is -2.17. The Morgan fingerprint density at radius 1 is 0.900 bits per heavy atom. The van der Waals surface area contributed by atoms with Crippen LogP contribution in [0.4, 0.5) is 0 Å². The molecule has 0 aliphatic rings. The molecule has 1 heterocycles. The maximum absolute atomic E-state index is 4.05. The Kier molecular flexibility index (Phi) is 5.71. The standard InChI is InChI=1S/C17H23N3/c1-3-18-12-15-4-6-16(7-5-15)13-20(2)14-17-8-10-19-11-9-17/h4-11,18H,3,12-14H2,1-2H3. The summed E-state index contributed by atoms with van der Waals surface area (Å²) in [5.41, 5.74) is 3.99. The van der Waals surface area contributed by atoms with Crippen LogP contribution < -0.4 is 5.32 Å². The zero-order valence-electron chi connectivity index (χ0n) is 12.3. The molecule has 20 heavy (non-hydrogen) atoms. The SMILES string of the molecule is CCNCc1ccc(CN(C)Cc2ccncc2)cc1. The molecular formula is C17H23N3. The molecule has 2 aromatic rings. The molecule has 1 aromatic carbocycles.